The number of carbonyl (C=O) groups excluding carboxylic acids is 1. The van der Waals surface area contributed by atoms with E-state index in [0.717, 1.165) is 35.6 Å². The molecular weight excluding hydrogens is 530 g/mol. The van der Waals surface area contributed by atoms with Crippen LogP contribution < -0.4 is 19.1 Å². The lowest BCUT2D eigenvalue weighted by Gasteiger charge is -2.44. The van der Waals surface area contributed by atoms with Crippen LogP contribution in [0.1, 0.15) is 32.6 Å². The second-order valence-corrected chi connectivity index (χ2v) is 11.2. The molecule has 39 heavy (non-hydrogen) atoms. The van der Waals surface area contributed by atoms with Crippen LogP contribution in [0.5, 0.6) is 17.2 Å². The number of ether oxygens (including phenoxy) is 2. The van der Waals surface area contributed by atoms with Gasteiger partial charge in [0.2, 0.25) is 15.8 Å². The average Bonchev–Trinajstić information content (AvgIpc) is 2.92. The predicted molar refractivity (Wildman–Crippen MR) is 140 cm³/mol. The predicted octanol–water partition coefficient (Wildman–Crippen LogP) is 5.14. The molecule has 3 aromatic rings. The number of fused-ring (bicyclic) bond motifs is 2. The Morgan fingerprint density at radius 3 is 2.21 bits per heavy atom. The summed E-state index contributed by atoms with van der Waals surface area (Å²) in [6.07, 6.45) is -3.78. The van der Waals surface area contributed by atoms with Gasteiger partial charge >= 0.3 is 6.11 Å². The molecule has 3 aromatic carbocycles. The summed E-state index contributed by atoms with van der Waals surface area (Å²) in [5, 5.41) is 11.4. The number of para-hydroxylation sites is 4. The normalized spacial score (nSPS) is 20.9. The molecule has 1 aliphatic heterocycles. The summed E-state index contributed by atoms with van der Waals surface area (Å²) < 4.78 is 67.1. The Morgan fingerprint density at radius 2 is 1.62 bits per heavy atom. The molecule has 0 bridgehead atoms. The van der Waals surface area contributed by atoms with E-state index < -0.39 is 46.5 Å². The Kier molecular flexibility index (Phi) is 7.32. The van der Waals surface area contributed by atoms with Crippen molar-refractivity contribution in [3.63, 3.8) is 0 Å². The van der Waals surface area contributed by atoms with Crippen LogP contribution in [-0.4, -0.2) is 43.6 Å². The number of carbonyl (C=O) groups is 1. The molecule has 1 heterocycles. The summed E-state index contributed by atoms with van der Waals surface area (Å²) in [6.45, 7) is 1.29. The van der Waals surface area contributed by atoms with Gasteiger partial charge in [-0.1, -0.05) is 31.2 Å². The first-order valence-corrected chi connectivity index (χ1v) is 14.1. The van der Waals surface area contributed by atoms with E-state index in [9.17, 15) is 27.1 Å². The summed E-state index contributed by atoms with van der Waals surface area (Å²) in [5.74, 6) is -0.449. The van der Waals surface area contributed by atoms with Crippen molar-refractivity contribution in [2.45, 2.75) is 61.8 Å². The number of anilines is 2. The van der Waals surface area contributed by atoms with E-state index in [1.165, 1.54) is 6.92 Å². The Balaban J connectivity index is 1.36. The van der Waals surface area contributed by atoms with Gasteiger partial charge in [0.05, 0.1) is 34.5 Å². The van der Waals surface area contributed by atoms with E-state index in [2.05, 4.69) is 9.46 Å². The van der Waals surface area contributed by atoms with Gasteiger partial charge in [0.25, 0.3) is 0 Å². The fourth-order valence-corrected chi connectivity index (χ4v) is 6.31. The second-order valence-electron chi connectivity index (χ2n) is 9.49. The summed E-state index contributed by atoms with van der Waals surface area (Å²) >= 11 is 0. The SMILES string of the molecule is CCC(=O)C(F)(F)Oc1ccc(S(=O)(=O)NC2CCC[C@H](N3c4ccccc4Oc4ccccc43)[C@H]2O)cc1. The molecule has 1 unspecified atom stereocenters. The maximum Gasteiger partial charge on any atom is 0.461 e. The molecule has 0 saturated heterocycles. The molecular formula is C28H28F2N2O6S. The van der Waals surface area contributed by atoms with Gasteiger partial charge in [-0.05, 0) is 67.8 Å². The molecule has 1 aliphatic carbocycles. The first kappa shape index (κ1) is 27.0. The van der Waals surface area contributed by atoms with Gasteiger partial charge < -0.3 is 19.5 Å². The molecule has 206 valence electrons. The van der Waals surface area contributed by atoms with Crippen molar-refractivity contribution in [3.8, 4) is 17.2 Å². The van der Waals surface area contributed by atoms with Gasteiger partial charge in [0.15, 0.2) is 11.5 Å². The third-order valence-electron chi connectivity index (χ3n) is 6.95. The van der Waals surface area contributed by atoms with E-state index in [0.29, 0.717) is 30.8 Å². The number of aliphatic hydroxyl groups is 1. The Labute approximate surface area is 225 Å². The topological polar surface area (TPSA) is 105 Å². The number of alkyl halides is 2. The zero-order valence-electron chi connectivity index (χ0n) is 21.1. The van der Waals surface area contributed by atoms with Crippen molar-refractivity contribution >= 4 is 27.2 Å². The van der Waals surface area contributed by atoms with Crippen LogP contribution in [0.2, 0.25) is 0 Å². The Hall–Kier alpha value is -3.54. The van der Waals surface area contributed by atoms with Crippen LogP contribution in [0, 0.1) is 0 Å². The van der Waals surface area contributed by atoms with Crippen molar-refractivity contribution in [2.24, 2.45) is 0 Å². The highest BCUT2D eigenvalue weighted by atomic mass is 32.2. The van der Waals surface area contributed by atoms with Crippen LogP contribution in [0.25, 0.3) is 0 Å². The molecule has 0 amide bonds. The minimum atomic E-state index is -4.11. The fraction of sp³-hybridized carbons (Fsp3) is 0.321. The van der Waals surface area contributed by atoms with E-state index >= 15 is 0 Å². The van der Waals surface area contributed by atoms with Gasteiger partial charge in [0, 0.05) is 6.42 Å². The van der Waals surface area contributed by atoms with Gasteiger partial charge in [-0.3, -0.25) is 4.79 Å². The van der Waals surface area contributed by atoms with Crippen LogP contribution in [0.15, 0.2) is 77.7 Å². The maximum absolute atomic E-state index is 13.8. The number of hydrogen-bond donors (Lipinski definition) is 2. The molecule has 8 nitrogen and oxygen atoms in total. The molecule has 5 rings (SSSR count). The minimum Gasteiger partial charge on any atom is -0.453 e. The summed E-state index contributed by atoms with van der Waals surface area (Å²) in [5.41, 5.74) is 1.55. The number of nitrogens with one attached hydrogen (secondary N) is 1. The number of halogens is 2. The minimum absolute atomic E-state index is 0.184. The quantitative estimate of drug-likeness (QED) is 0.394. The van der Waals surface area contributed by atoms with Crippen LogP contribution >= 0.6 is 0 Å². The zero-order chi connectivity index (χ0) is 27.8. The van der Waals surface area contributed by atoms with Crippen molar-refractivity contribution in [1.82, 2.24) is 4.72 Å². The summed E-state index contributed by atoms with van der Waals surface area (Å²) in [7, 11) is -4.11. The first-order valence-electron chi connectivity index (χ1n) is 12.7. The highest BCUT2D eigenvalue weighted by Crippen LogP contribution is 2.49. The standard InChI is InChI=1S/C28H28F2N2O6S/c1-2-26(33)28(29,30)38-18-14-16-19(17-15-18)39(35,36)31-20-8-7-11-23(27(20)34)32-21-9-3-5-12-24(21)37-25-13-6-4-10-22(25)32/h3-6,9-10,12-17,20,23,27,31,34H,2,7-8,11H2,1H3/t20?,23-,27-/m0/s1. The lowest BCUT2D eigenvalue weighted by molar-refractivity contribution is -0.190. The van der Waals surface area contributed by atoms with Gasteiger partial charge in [0.1, 0.15) is 5.75 Å². The van der Waals surface area contributed by atoms with E-state index in [1.807, 2.05) is 53.4 Å². The number of Topliss-reactive ketones (excluding diaryl/α,β-unsaturated/α-hetero) is 1. The molecule has 0 spiro atoms. The number of rotatable bonds is 8. The monoisotopic (exact) mass is 558 g/mol. The van der Waals surface area contributed by atoms with E-state index in [-0.39, 0.29) is 10.6 Å². The number of sulfonamides is 1. The van der Waals surface area contributed by atoms with Crippen molar-refractivity contribution in [3.05, 3.63) is 72.8 Å². The van der Waals surface area contributed by atoms with E-state index in [1.54, 1.807) is 0 Å². The lowest BCUT2D eigenvalue weighted by Crippen LogP contribution is -2.56. The number of benzene rings is 3. The van der Waals surface area contributed by atoms with Crippen LogP contribution in [-0.2, 0) is 14.8 Å². The van der Waals surface area contributed by atoms with Gasteiger partial charge in [-0.15, -0.1) is 0 Å². The molecule has 3 atom stereocenters. The summed E-state index contributed by atoms with van der Waals surface area (Å²) in [4.78, 5) is 13.2. The van der Waals surface area contributed by atoms with Crippen LogP contribution in [0.3, 0.4) is 0 Å². The lowest BCUT2D eigenvalue weighted by atomic mass is 9.86. The van der Waals surface area contributed by atoms with Crippen molar-refractivity contribution < 1.29 is 36.6 Å². The third-order valence-corrected chi connectivity index (χ3v) is 8.46. The maximum atomic E-state index is 13.8. The van der Waals surface area contributed by atoms with Gasteiger partial charge in [-0.25, -0.2) is 13.1 Å². The van der Waals surface area contributed by atoms with E-state index in [4.69, 9.17) is 4.74 Å². The highest BCUT2D eigenvalue weighted by Gasteiger charge is 2.42. The van der Waals surface area contributed by atoms with Gasteiger partial charge in [-0.2, -0.15) is 8.78 Å². The molecule has 2 N–H and O–H groups in total. The highest BCUT2D eigenvalue weighted by molar-refractivity contribution is 7.89. The fourth-order valence-electron chi connectivity index (χ4n) is 5.02. The van der Waals surface area contributed by atoms with Crippen molar-refractivity contribution in [1.29, 1.82) is 0 Å². The number of aliphatic hydroxyl groups excluding tert-OH is 1. The van der Waals surface area contributed by atoms with Crippen LogP contribution in [0.4, 0.5) is 20.2 Å². The second kappa shape index (κ2) is 10.6. The molecule has 11 heteroatoms. The molecule has 2 aliphatic rings. The molecule has 1 fully saturated rings. The Bertz CT molecular complexity index is 1420. The first-order chi connectivity index (χ1) is 18.6. The Morgan fingerprint density at radius 1 is 1.03 bits per heavy atom. The number of hydrogen-bond acceptors (Lipinski definition) is 7. The summed E-state index contributed by atoms with van der Waals surface area (Å²) in [6, 6.07) is 18.1. The average molecular weight is 559 g/mol. The third kappa shape index (κ3) is 5.34. The number of ketones is 1. The number of nitrogens with zero attached hydrogens (tertiary/aromatic N) is 1. The van der Waals surface area contributed by atoms with Crippen molar-refractivity contribution in [2.75, 3.05) is 4.90 Å². The molecule has 0 radical (unpaired) electrons. The smallest absolute Gasteiger partial charge is 0.453 e. The molecule has 1 saturated carbocycles. The largest absolute Gasteiger partial charge is 0.461 e. The molecule has 0 aromatic heterocycles. The zero-order valence-corrected chi connectivity index (χ0v) is 21.9.